The summed E-state index contributed by atoms with van der Waals surface area (Å²) in [5.41, 5.74) is 0. The zero-order valence-corrected chi connectivity index (χ0v) is 10.2. The van der Waals surface area contributed by atoms with Crippen LogP contribution in [0.15, 0.2) is 23.4 Å². The Morgan fingerprint density at radius 3 is 2.73 bits per heavy atom. The van der Waals surface area contributed by atoms with E-state index in [1.807, 2.05) is 6.92 Å². The van der Waals surface area contributed by atoms with Crippen molar-refractivity contribution >= 4 is 21.6 Å². The molecule has 84 valence electrons. The van der Waals surface area contributed by atoms with E-state index in [4.69, 9.17) is 11.6 Å². The van der Waals surface area contributed by atoms with E-state index in [2.05, 4.69) is 4.98 Å². The molecule has 1 heterocycles. The van der Waals surface area contributed by atoms with Gasteiger partial charge in [-0.05, 0) is 12.5 Å². The van der Waals surface area contributed by atoms with Gasteiger partial charge in [0, 0.05) is 26.0 Å². The Kier molecular flexibility index (Phi) is 4.07. The van der Waals surface area contributed by atoms with E-state index >= 15 is 0 Å². The van der Waals surface area contributed by atoms with Crippen LogP contribution in [0, 0.1) is 0 Å². The lowest BCUT2D eigenvalue weighted by atomic mass is 10.5. The van der Waals surface area contributed by atoms with E-state index in [-0.39, 0.29) is 9.92 Å². The highest BCUT2D eigenvalue weighted by molar-refractivity contribution is 7.89. The standard InChI is InChI=1S/C9H13ClN2O2S/c1-3-6-12(2)15(13,14)9-7-11-5-4-8(9)10/h4-5,7H,3,6H2,1-2H3. The molecule has 4 nitrogen and oxygen atoms in total. The van der Waals surface area contributed by atoms with Gasteiger partial charge < -0.3 is 0 Å². The van der Waals surface area contributed by atoms with Crippen molar-refractivity contribution in [1.29, 1.82) is 0 Å². The van der Waals surface area contributed by atoms with Crippen LogP contribution in [0.4, 0.5) is 0 Å². The van der Waals surface area contributed by atoms with Gasteiger partial charge in [0.1, 0.15) is 4.90 Å². The zero-order valence-electron chi connectivity index (χ0n) is 8.64. The van der Waals surface area contributed by atoms with Crippen molar-refractivity contribution < 1.29 is 8.42 Å². The summed E-state index contributed by atoms with van der Waals surface area (Å²) in [5, 5.41) is 0.202. The number of hydrogen-bond acceptors (Lipinski definition) is 3. The molecule has 1 aromatic heterocycles. The molecule has 0 aliphatic carbocycles. The molecule has 15 heavy (non-hydrogen) atoms. The second kappa shape index (κ2) is 4.92. The highest BCUT2D eigenvalue weighted by Gasteiger charge is 2.22. The van der Waals surface area contributed by atoms with Crippen LogP contribution in [0.25, 0.3) is 0 Å². The summed E-state index contributed by atoms with van der Waals surface area (Å²) < 4.78 is 25.2. The van der Waals surface area contributed by atoms with Gasteiger partial charge in [0.25, 0.3) is 0 Å². The molecule has 0 aliphatic heterocycles. The van der Waals surface area contributed by atoms with Crippen molar-refractivity contribution in [3.8, 4) is 0 Å². The minimum Gasteiger partial charge on any atom is -0.263 e. The lowest BCUT2D eigenvalue weighted by molar-refractivity contribution is 0.468. The monoisotopic (exact) mass is 248 g/mol. The Hall–Kier alpha value is -0.650. The number of aromatic nitrogens is 1. The average Bonchev–Trinajstić information content (AvgIpc) is 2.18. The molecule has 0 saturated heterocycles. The van der Waals surface area contributed by atoms with Crippen molar-refractivity contribution in [2.24, 2.45) is 0 Å². The van der Waals surface area contributed by atoms with Crippen LogP contribution in [0.3, 0.4) is 0 Å². The van der Waals surface area contributed by atoms with Gasteiger partial charge in [-0.3, -0.25) is 4.98 Å². The second-order valence-corrected chi connectivity index (χ2v) is 5.55. The first kappa shape index (κ1) is 12.4. The Balaban J connectivity index is 3.12. The zero-order chi connectivity index (χ0) is 11.5. The minimum absolute atomic E-state index is 0.0580. The molecule has 0 amide bonds. The van der Waals surface area contributed by atoms with E-state index in [0.29, 0.717) is 6.54 Å². The molecule has 6 heteroatoms. The summed E-state index contributed by atoms with van der Waals surface area (Å²) in [4.78, 5) is 3.82. The molecule has 0 atom stereocenters. The van der Waals surface area contributed by atoms with Crippen molar-refractivity contribution in [1.82, 2.24) is 9.29 Å². The number of halogens is 1. The summed E-state index contributed by atoms with van der Waals surface area (Å²) in [5.74, 6) is 0. The van der Waals surface area contributed by atoms with E-state index < -0.39 is 10.0 Å². The predicted molar refractivity (Wildman–Crippen MR) is 59.4 cm³/mol. The third-order valence-corrected chi connectivity index (χ3v) is 4.29. The fourth-order valence-corrected chi connectivity index (χ4v) is 2.82. The van der Waals surface area contributed by atoms with Gasteiger partial charge in [0.05, 0.1) is 5.02 Å². The van der Waals surface area contributed by atoms with Crippen molar-refractivity contribution in [3.05, 3.63) is 23.5 Å². The van der Waals surface area contributed by atoms with Crippen molar-refractivity contribution in [2.45, 2.75) is 18.2 Å². The number of pyridine rings is 1. The average molecular weight is 249 g/mol. The maximum absolute atomic E-state index is 11.9. The second-order valence-electron chi connectivity index (χ2n) is 3.13. The van der Waals surface area contributed by atoms with Crippen LogP contribution in [-0.4, -0.2) is 31.3 Å². The van der Waals surface area contributed by atoms with Crippen molar-refractivity contribution in [2.75, 3.05) is 13.6 Å². The van der Waals surface area contributed by atoms with Gasteiger partial charge in [-0.15, -0.1) is 0 Å². The summed E-state index contributed by atoms with van der Waals surface area (Å²) >= 11 is 5.81. The molecule has 0 aromatic carbocycles. The Morgan fingerprint density at radius 2 is 2.20 bits per heavy atom. The molecule has 1 rings (SSSR count). The normalized spacial score (nSPS) is 12.0. The molecule has 0 aliphatic rings. The largest absolute Gasteiger partial charge is 0.263 e. The van der Waals surface area contributed by atoms with E-state index in [0.717, 1.165) is 6.42 Å². The Labute approximate surface area is 94.9 Å². The molecule has 0 bridgehead atoms. The topological polar surface area (TPSA) is 50.3 Å². The summed E-state index contributed by atoms with van der Waals surface area (Å²) in [6.07, 6.45) is 3.48. The molecule has 0 fully saturated rings. The maximum Gasteiger partial charge on any atom is 0.245 e. The molecular formula is C9H13ClN2O2S. The first-order valence-electron chi connectivity index (χ1n) is 4.56. The summed E-state index contributed by atoms with van der Waals surface area (Å²) in [6, 6.07) is 1.47. The first-order chi connectivity index (χ1) is 7.00. The smallest absolute Gasteiger partial charge is 0.245 e. The molecule has 0 spiro atoms. The van der Waals surface area contributed by atoms with E-state index in [1.54, 1.807) is 0 Å². The molecule has 0 unspecified atom stereocenters. The molecule has 0 saturated carbocycles. The highest BCUT2D eigenvalue weighted by atomic mass is 35.5. The minimum atomic E-state index is -3.49. The number of sulfonamides is 1. The number of rotatable bonds is 4. The van der Waals surface area contributed by atoms with Crippen LogP contribution in [0.1, 0.15) is 13.3 Å². The van der Waals surface area contributed by atoms with E-state index in [9.17, 15) is 8.42 Å². The molecule has 0 radical (unpaired) electrons. The fraction of sp³-hybridized carbons (Fsp3) is 0.444. The van der Waals surface area contributed by atoms with Gasteiger partial charge in [-0.2, -0.15) is 0 Å². The SMILES string of the molecule is CCCN(C)S(=O)(=O)c1cnccc1Cl. The molecule has 1 aromatic rings. The quantitative estimate of drug-likeness (QED) is 0.816. The number of nitrogens with zero attached hydrogens (tertiary/aromatic N) is 2. The van der Waals surface area contributed by atoms with E-state index in [1.165, 1.54) is 29.8 Å². The van der Waals surface area contributed by atoms with Gasteiger partial charge in [0.15, 0.2) is 0 Å². The van der Waals surface area contributed by atoms with Gasteiger partial charge >= 0.3 is 0 Å². The third kappa shape index (κ3) is 2.68. The van der Waals surface area contributed by atoms with Crippen LogP contribution in [-0.2, 0) is 10.0 Å². The van der Waals surface area contributed by atoms with Crippen LogP contribution in [0.5, 0.6) is 0 Å². The van der Waals surface area contributed by atoms with Crippen LogP contribution >= 0.6 is 11.6 Å². The summed E-state index contributed by atoms with van der Waals surface area (Å²) in [7, 11) is -1.96. The lowest BCUT2D eigenvalue weighted by Crippen LogP contribution is -2.27. The lowest BCUT2D eigenvalue weighted by Gasteiger charge is -2.16. The molecular weight excluding hydrogens is 236 g/mol. The maximum atomic E-state index is 11.9. The van der Waals surface area contributed by atoms with Crippen molar-refractivity contribution in [3.63, 3.8) is 0 Å². The fourth-order valence-electron chi connectivity index (χ4n) is 1.16. The Bertz CT molecular complexity index is 433. The third-order valence-electron chi connectivity index (χ3n) is 1.96. The predicted octanol–water partition coefficient (Wildman–Crippen LogP) is 1.77. The first-order valence-corrected chi connectivity index (χ1v) is 6.37. The Morgan fingerprint density at radius 1 is 1.53 bits per heavy atom. The summed E-state index contributed by atoms with van der Waals surface area (Å²) in [6.45, 7) is 2.38. The highest BCUT2D eigenvalue weighted by Crippen LogP contribution is 2.22. The van der Waals surface area contributed by atoms with Crippen LogP contribution in [0.2, 0.25) is 5.02 Å². The van der Waals surface area contributed by atoms with Gasteiger partial charge in [0.2, 0.25) is 10.0 Å². The van der Waals surface area contributed by atoms with Gasteiger partial charge in [-0.1, -0.05) is 18.5 Å². The number of hydrogen-bond donors (Lipinski definition) is 0. The molecule has 0 N–H and O–H groups in total. The van der Waals surface area contributed by atoms with Crippen LogP contribution < -0.4 is 0 Å². The van der Waals surface area contributed by atoms with Gasteiger partial charge in [-0.25, -0.2) is 12.7 Å².